The molecule has 1 heterocycles. The minimum Gasteiger partial charge on any atom is -0.486 e. The summed E-state index contributed by atoms with van der Waals surface area (Å²) in [7, 11) is 0. The van der Waals surface area contributed by atoms with Crippen molar-refractivity contribution in [3.05, 3.63) is 52.0 Å². The number of rotatable bonds is 3. The van der Waals surface area contributed by atoms with E-state index in [9.17, 15) is 8.78 Å². The lowest BCUT2D eigenvalue weighted by Gasteiger charge is -2.19. The quantitative estimate of drug-likeness (QED) is 0.898. The molecule has 0 spiro atoms. The van der Waals surface area contributed by atoms with Crippen molar-refractivity contribution in [1.29, 1.82) is 0 Å². The third-order valence-corrected chi connectivity index (χ3v) is 3.54. The Hall–Kier alpha value is -1.82. The number of halogens is 3. The summed E-state index contributed by atoms with van der Waals surface area (Å²) in [6, 6.07) is 7.86. The molecule has 2 aromatic rings. The molecule has 0 aromatic heterocycles. The first-order chi connectivity index (χ1) is 10.1. The summed E-state index contributed by atoms with van der Waals surface area (Å²) in [6.45, 7) is 1.31. The monoisotopic (exact) mass is 355 g/mol. The van der Waals surface area contributed by atoms with Crippen LogP contribution in [0.3, 0.4) is 0 Å². The SMILES string of the molecule is Fc1cc(Br)cc(F)c1NCc1ccc2c(c1)OCCO2. The van der Waals surface area contributed by atoms with Gasteiger partial charge >= 0.3 is 0 Å². The van der Waals surface area contributed by atoms with E-state index in [0.29, 0.717) is 29.2 Å². The topological polar surface area (TPSA) is 30.5 Å². The highest BCUT2D eigenvalue weighted by atomic mass is 79.9. The molecular weight excluding hydrogens is 344 g/mol. The van der Waals surface area contributed by atoms with Crippen molar-refractivity contribution in [3.63, 3.8) is 0 Å². The second-order valence-corrected chi connectivity index (χ2v) is 5.49. The Bertz CT molecular complexity index is 656. The normalized spacial score (nSPS) is 13.1. The molecule has 0 radical (unpaired) electrons. The molecule has 6 heteroatoms. The zero-order chi connectivity index (χ0) is 14.8. The molecule has 3 nitrogen and oxygen atoms in total. The number of benzene rings is 2. The molecule has 0 saturated heterocycles. The van der Waals surface area contributed by atoms with Crippen molar-refractivity contribution >= 4 is 21.6 Å². The maximum absolute atomic E-state index is 13.7. The van der Waals surface area contributed by atoms with E-state index < -0.39 is 11.6 Å². The van der Waals surface area contributed by atoms with E-state index in [2.05, 4.69) is 21.2 Å². The lowest BCUT2D eigenvalue weighted by molar-refractivity contribution is 0.171. The van der Waals surface area contributed by atoms with Crippen LogP contribution >= 0.6 is 15.9 Å². The molecule has 21 heavy (non-hydrogen) atoms. The van der Waals surface area contributed by atoms with Crippen LogP contribution in [0.4, 0.5) is 14.5 Å². The van der Waals surface area contributed by atoms with Crippen LogP contribution in [0.1, 0.15) is 5.56 Å². The van der Waals surface area contributed by atoms with E-state index >= 15 is 0 Å². The van der Waals surface area contributed by atoms with Gasteiger partial charge < -0.3 is 14.8 Å². The van der Waals surface area contributed by atoms with E-state index in [0.717, 1.165) is 5.56 Å². The van der Waals surface area contributed by atoms with E-state index in [1.54, 1.807) is 12.1 Å². The van der Waals surface area contributed by atoms with Crippen molar-refractivity contribution in [2.24, 2.45) is 0 Å². The first-order valence-electron chi connectivity index (χ1n) is 6.40. The van der Waals surface area contributed by atoms with E-state index in [-0.39, 0.29) is 12.2 Å². The van der Waals surface area contributed by atoms with Crippen LogP contribution in [0.5, 0.6) is 11.5 Å². The first-order valence-corrected chi connectivity index (χ1v) is 7.20. The highest BCUT2D eigenvalue weighted by Crippen LogP contribution is 2.31. The number of hydrogen-bond donors (Lipinski definition) is 1. The molecule has 3 rings (SSSR count). The Morgan fingerprint density at radius 3 is 2.38 bits per heavy atom. The van der Waals surface area contributed by atoms with Gasteiger partial charge in [0.1, 0.15) is 30.5 Å². The van der Waals surface area contributed by atoms with Crippen molar-refractivity contribution in [1.82, 2.24) is 0 Å². The molecule has 2 aromatic carbocycles. The Balaban J connectivity index is 1.76. The van der Waals surface area contributed by atoms with Gasteiger partial charge in [0.05, 0.1) is 0 Å². The van der Waals surface area contributed by atoms with Crippen molar-refractivity contribution in [2.75, 3.05) is 18.5 Å². The van der Waals surface area contributed by atoms with Crippen molar-refractivity contribution < 1.29 is 18.3 Å². The smallest absolute Gasteiger partial charge is 0.161 e. The second-order valence-electron chi connectivity index (χ2n) is 4.58. The third-order valence-electron chi connectivity index (χ3n) is 3.08. The predicted molar refractivity (Wildman–Crippen MR) is 78.8 cm³/mol. The highest BCUT2D eigenvalue weighted by molar-refractivity contribution is 9.10. The van der Waals surface area contributed by atoms with Crippen LogP contribution in [0, 0.1) is 11.6 Å². The number of nitrogens with one attached hydrogen (secondary N) is 1. The third kappa shape index (κ3) is 3.10. The summed E-state index contributed by atoms with van der Waals surface area (Å²) in [6.07, 6.45) is 0. The number of hydrogen-bond acceptors (Lipinski definition) is 3. The largest absolute Gasteiger partial charge is 0.486 e. The summed E-state index contributed by atoms with van der Waals surface area (Å²) < 4.78 is 38.7. The molecule has 1 aliphatic heterocycles. The van der Waals surface area contributed by atoms with E-state index in [4.69, 9.17) is 9.47 Å². The maximum Gasteiger partial charge on any atom is 0.161 e. The summed E-state index contributed by atoms with van der Waals surface area (Å²) in [4.78, 5) is 0. The van der Waals surface area contributed by atoms with Gasteiger partial charge in [0, 0.05) is 11.0 Å². The summed E-state index contributed by atoms with van der Waals surface area (Å²) >= 11 is 3.05. The Morgan fingerprint density at radius 1 is 1.00 bits per heavy atom. The van der Waals surface area contributed by atoms with Gasteiger partial charge in [-0.1, -0.05) is 22.0 Å². The molecule has 110 valence electrons. The highest BCUT2D eigenvalue weighted by Gasteiger charge is 2.13. The zero-order valence-electron chi connectivity index (χ0n) is 11.0. The van der Waals surface area contributed by atoms with Gasteiger partial charge in [-0.25, -0.2) is 8.78 Å². The molecule has 0 unspecified atom stereocenters. The molecular formula is C15H12BrF2NO2. The molecule has 0 fully saturated rings. The maximum atomic E-state index is 13.7. The number of ether oxygens (including phenoxy) is 2. The fraction of sp³-hybridized carbons (Fsp3) is 0.200. The van der Waals surface area contributed by atoms with Gasteiger partial charge in [0.2, 0.25) is 0 Å². The van der Waals surface area contributed by atoms with Crippen LogP contribution in [0.25, 0.3) is 0 Å². The van der Waals surface area contributed by atoms with Gasteiger partial charge in [-0.2, -0.15) is 0 Å². The van der Waals surface area contributed by atoms with E-state index in [1.165, 1.54) is 12.1 Å². The molecule has 0 saturated carbocycles. The minimum atomic E-state index is -0.639. The zero-order valence-corrected chi connectivity index (χ0v) is 12.5. The van der Waals surface area contributed by atoms with Gasteiger partial charge in [0.25, 0.3) is 0 Å². The van der Waals surface area contributed by atoms with Gasteiger partial charge in [-0.15, -0.1) is 0 Å². The molecule has 0 amide bonds. The van der Waals surface area contributed by atoms with Crippen LogP contribution in [0.15, 0.2) is 34.8 Å². The lowest BCUT2D eigenvalue weighted by Crippen LogP contribution is -2.15. The fourth-order valence-corrected chi connectivity index (χ4v) is 2.50. The standard InChI is InChI=1S/C15H12BrF2NO2/c16-10-6-11(17)15(12(18)7-10)19-8-9-1-2-13-14(5-9)21-4-3-20-13/h1-2,5-7,19H,3-4,8H2. The predicted octanol–water partition coefficient (Wildman–Crippen LogP) is 4.11. The van der Waals surface area contributed by atoms with Gasteiger partial charge in [-0.3, -0.25) is 0 Å². The summed E-state index contributed by atoms with van der Waals surface area (Å²) in [5, 5.41) is 2.76. The van der Waals surface area contributed by atoms with Crippen LogP contribution in [-0.4, -0.2) is 13.2 Å². The number of anilines is 1. The van der Waals surface area contributed by atoms with Crippen molar-refractivity contribution in [3.8, 4) is 11.5 Å². The molecule has 0 aliphatic carbocycles. The average Bonchev–Trinajstić information content (AvgIpc) is 2.46. The molecule has 1 aliphatic rings. The fourth-order valence-electron chi connectivity index (χ4n) is 2.10. The van der Waals surface area contributed by atoms with E-state index in [1.807, 2.05) is 6.07 Å². The summed E-state index contributed by atoms with van der Waals surface area (Å²) in [5.74, 6) is 0.0575. The van der Waals surface area contributed by atoms with Crippen molar-refractivity contribution in [2.45, 2.75) is 6.54 Å². The lowest BCUT2D eigenvalue weighted by atomic mass is 10.2. The van der Waals surface area contributed by atoms with Gasteiger partial charge in [-0.05, 0) is 29.8 Å². The average molecular weight is 356 g/mol. The number of fused-ring (bicyclic) bond motifs is 1. The van der Waals surface area contributed by atoms with Gasteiger partial charge in [0.15, 0.2) is 11.5 Å². The Labute approximate surface area is 129 Å². The van der Waals surface area contributed by atoms with Crippen LogP contribution in [0.2, 0.25) is 0 Å². The minimum absolute atomic E-state index is 0.145. The Morgan fingerprint density at radius 2 is 1.67 bits per heavy atom. The Kier molecular flexibility index (Phi) is 3.96. The molecule has 0 atom stereocenters. The van der Waals surface area contributed by atoms with Crippen LogP contribution in [-0.2, 0) is 6.54 Å². The first kappa shape index (κ1) is 14.1. The van der Waals surface area contributed by atoms with Crippen LogP contribution < -0.4 is 14.8 Å². The second kappa shape index (κ2) is 5.89. The molecule has 1 N–H and O–H groups in total. The summed E-state index contributed by atoms with van der Waals surface area (Å²) in [5.41, 5.74) is 0.703. The molecule has 0 bridgehead atoms.